The van der Waals surface area contributed by atoms with Gasteiger partial charge < -0.3 is 15.5 Å². The van der Waals surface area contributed by atoms with Crippen LogP contribution < -0.4 is 10.6 Å². The van der Waals surface area contributed by atoms with Gasteiger partial charge in [-0.05, 0) is 85.8 Å². The number of piperidine rings is 2. The van der Waals surface area contributed by atoms with Crippen LogP contribution in [0.15, 0.2) is 22.8 Å². The minimum absolute atomic E-state index is 0. The van der Waals surface area contributed by atoms with Gasteiger partial charge in [0.05, 0.1) is 0 Å². The average Bonchev–Trinajstić information content (AvgIpc) is 2.58. The minimum atomic E-state index is 0. The van der Waals surface area contributed by atoms with E-state index in [2.05, 4.69) is 36.4 Å². The molecular formula is C17H26BrClN4O. The summed E-state index contributed by atoms with van der Waals surface area (Å²) in [6, 6.07) is 3.72. The normalized spacial score (nSPS) is 20.4. The Morgan fingerprint density at radius 1 is 1.25 bits per heavy atom. The van der Waals surface area contributed by atoms with Gasteiger partial charge in [-0.15, -0.1) is 12.4 Å². The number of carbonyl (C=O) groups excluding carboxylic acids is 1. The highest BCUT2D eigenvalue weighted by Gasteiger charge is 2.26. The number of nitrogens with zero attached hydrogens (tertiary/aromatic N) is 2. The summed E-state index contributed by atoms with van der Waals surface area (Å²) in [5.74, 6) is 1.69. The molecule has 0 unspecified atom stereocenters. The average molecular weight is 418 g/mol. The summed E-state index contributed by atoms with van der Waals surface area (Å²) in [6.07, 6.45) is 6.18. The van der Waals surface area contributed by atoms with E-state index < -0.39 is 0 Å². The molecule has 0 saturated carbocycles. The number of nitrogens with one attached hydrogen (secondary N) is 2. The van der Waals surface area contributed by atoms with Gasteiger partial charge in [-0.2, -0.15) is 0 Å². The summed E-state index contributed by atoms with van der Waals surface area (Å²) in [6.45, 7) is 5.59. The second-order valence-corrected chi connectivity index (χ2v) is 7.53. The lowest BCUT2D eigenvalue weighted by molar-refractivity contribution is -0.121. The Kier molecular flexibility index (Phi) is 7.94. The highest BCUT2D eigenvalue weighted by molar-refractivity contribution is 9.10. The highest BCUT2D eigenvalue weighted by atomic mass is 79.9. The first-order valence-corrected chi connectivity index (χ1v) is 9.35. The molecule has 2 aliphatic heterocycles. The van der Waals surface area contributed by atoms with Crippen molar-refractivity contribution >= 4 is 40.1 Å². The quantitative estimate of drug-likeness (QED) is 0.791. The lowest BCUT2D eigenvalue weighted by Gasteiger charge is -2.35. The molecule has 1 aromatic rings. The van der Waals surface area contributed by atoms with Crippen LogP contribution in [0.25, 0.3) is 0 Å². The molecule has 0 aliphatic carbocycles. The van der Waals surface area contributed by atoms with Gasteiger partial charge in [0.25, 0.3) is 0 Å². The van der Waals surface area contributed by atoms with Gasteiger partial charge >= 0.3 is 0 Å². The number of likely N-dealkylation sites (tertiary alicyclic amines) is 1. The van der Waals surface area contributed by atoms with E-state index >= 15 is 0 Å². The summed E-state index contributed by atoms with van der Waals surface area (Å²) >= 11 is 3.35. The number of hydrogen-bond acceptors (Lipinski definition) is 4. The molecule has 3 rings (SSSR count). The summed E-state index contributed by atoms with van der Waals surface area (Å²) in [4.78, 5) is 19.1. The van der Waals surface area contributed by atoms with E-state index in [0.29, 0.717) is 5.82 Å². The molecule has 24 heavy (non-hydrogen) atoms. The monoisotopic (exact) mass is 416 g/mol. The molecule has 1 amide bonds. The molecule has 5 nitrogen and oxygen atoms in total. The van der Waals surface area contributed by atoms with E-state index in [1.807, 2.05) is 12.1 Å². The van der Waals surface area contributed by atoms with Gasteiger partial charge in [-0.3, -0.25) is 4.79 Å². The second-order valence-electron chi connectivity index (χ2n) is 6.62. The fraction of sp³-hybridized carbons (Fsp3) is 0.647. The molecule has 0 bridgehead atoms. The first kappa shape index (κ1) is 19.6. The Balaban J connectivity index is 0.00000208. The zero-order valence-electron chi connectivity index (χ0n) is 13.8. The second kappa shape index (κ2) is 9.70. The topological polar surface area (TPSA) is 57.3 Å². The summed E-state index contributed by atoms with van der Waals surface area (Å²) in [5, 5.41) is 6.36. The van der Waals surface area contributed by atoms with Crippen molar-refractivity contribution in [1.82, 2.24) is 15.2 Å². The van der Waals surface area contributed by atoms with Crippen molar-refractivity contribution in [2.45, 2.75) is 25.7 Å². The SMILES string of the molecule is Cl.O=C(Nc1ccc(Br)cn1)C1CCN(CC2CCNCC2)CC1. The maximum atomic E-state index is 12.4. The van der Waals surface area contributed by atoms with Crippen molar-refractivity contribution in [3.8, 4) is 0 Å². The van der Waals surface area contributed by atoms with E-state index in [1.54, 1.807) is 6.20 Å². The van der Waals surface area contributed by atoms with Crippen LogP contribution in [0.1, 0.15) is 25.7 Å². The maximum Gasteiger partial charge on any atom is 0.228 e. The van der Waals surface area contributed by atoms with Crippen molar-refractivity contribution in [1.29, 1.82) is 0 Å². The van der Waals surface area contributed by atoms with Crippen LogP contribution in [-0.4, -0.2) is 48.5 Å². The number of anilines is 1. The molecule has 0 spiro atoms. The molecular weight excluding hydrogens is 392 g/mol. The highest BCUT2D eigenvalue weighted by Crippen LogP contribution is 2.22. The molecule has 0 atom stereocenters. The molecule has 2 aliphatic rings. The van der Waals surface area contributed by atoms with E-state index in [0.717, 1.165) is 49.4 Å². The Hall–Kier alpha value is -0.690. The van der Waals surface area contributed by atoms with E-state index in [-0.39, 0.29) is 24.2 Å². The lowest BCUT2D eigenvalue weighted by Crippen LogP contribution is -2.42. The van der Waals surface area contributed by atoms with Gasteiger partial charge in [0.2, 0.25) is 5.91 Å². The van der Waals surface area contributed by atoms with Crippen LogP contribution in [0, 0.1) is 11.8 Å². The van der Waals surface area contributed by atoms with Crippen molar-refractivity contribution < 1.29 is 4.79 Å². The summed E-state index contributed by atoms with van der Waals surface area (Å²) in [5.41, 5.74) is 0. The van der Waals surface area contributed by atoms with Crippen LogP contribution in [0.3, 0.4) is 0 Å². The Morgan fingerprint density at radius 2 is 1.96 bits per heavy atom. The Bertz CT molecular complexity index is 514. The molecule has 2 saturated heterocycles. The van der Waals surface area contributed by atoms with E-state index in [4.69, 9.17) is 0 Å². The first-order chi connectivity index (χ1) is 11.2. The smallest absolute Gasteiger partial charge is 0.228 e. The molecule has 134 valence electrons. The number of rotatable bonds is 4. The molecule has 2 N–H and O–H groups in total. The molecule has 1 aromatic heterocycles. The van der Waals surface area contributed by atoms with Gasteiger partial charge in [0, 0.05) is 23.1 Å². The number of aromatic nitrogens is 1. The van der Waals surface area contributed by atoms with Crippen molar-refractivity contribution in [3.05, 3.63) is 22.8 Å². The fourth-order valence-electron chi connectivity index (χ4n) is 3.49. The number of pyridine rings is 1. The summed E-state index contributed by atoms with van der Waals surface area (Å²) < 4.78 is 0.918. The number of carbonyl (C=O) groups is 1. The molecule has 7 heteroatoms. The zero-order chi connectivity index (χ0) is 16.1. The largest absolute Gasteiger partial charge is 0.317 e. The Morgan fingerprint density at radius 3 is 2.58 bits per heavy atom. The van der Waals surface area contributed by atoms with Gasteiger partial charge in [-0.1, -0.05) is 0 Å². The number of amides is 1. The maximum absolute atomic E-state index is 12.4. The minimum Gasteiger partial charge on any atom is -0.317 e. The fourth-order valence-corrected chi connectivity index (χ4v) is 3.72. The third-order valence-corrected chi connectivity index (χ3v) is 5.38. The van der Waals surface area contributed by atoms with Crippen molar-refractivity contribution in [2.24, 2.45) is 11.8 Å². The predicted molar refractivity (Wildman–Crippen MR) is 103 cm³/mol. The number of hydrogen-bond donors (Lipinski definition) is 2. The lowest BCUT2D eigenvalue weighted by atomic mass is 9.93. The third kappa shape index (κ3) is 5.69. The Labute approximate surface area is 158 Å². The van der Waals surface area contributed by atoms with Crippen LogP contribution in [0.2, 0.25) is 0 Å². The molecule has 3 heterocycles. The van der Waals surface area contributed by atoms with E-state index in [9.17, 15) is 4.79 Å². The van der Waals surface area contributed by atoms with Crippen molar-refractivity contribution in [2.75, 3.05) is 38.0 Å². The van der Waals surface area contributed by atoms with Crippen LogP contribution >= 0.6 is 28.3 Å². The van der Waals surface area contributed by atoms with Gasteiger partial charge in [0.15, 0.2) is 0 Å². The standard InChI is InChI=1S/C17H25BrN4O.ClH/c18-15-1-2-16(20-11-15)21-17(23)14-5-9-22(10-6-14)12-13-3-7-19-8-4-13;/h1-2,11,13-14,19H,3-10,12H2,(H,20,21,23);1H. The summed E-state index contributed by atoms with van der Waals surface area (Å²) in [7, 11) is 0. The van der Waals surface area contributed by atoms with Gasteiger partial charge in [0.1, 0.15) is 5.82 Å². The number of halogens is 2. The first-order valence-electron chi connectivity index (χ1n) is 8.56. The molecule has 0 radical (unpaired) electrons. The van der Waals surface area contributed by atoms with Crippen molar-refractivity contribution in [3.63, 3.8) is 0 Å². The van der Waals surface area contributed by atoms with Crippen LogP contribution in [-0.2, 0) is 4.79 Å². The predicted octanol–water partition coefficient (Wildman–Crippen LogP) is 2.92. The van der Waals surface area contributed by atoms with Gasteiger partial charge in [-0.25, -0.2) is 4.98 Å². The van der Waals surface area contributed by atoms with Crippen LogP contribution in [0.4, 0.5) is 5.82 Å². The molecule has 0 aromatic carbocycles. The van der Waals surface area contributed by atoms with E-state index in [1.165, 1.54) is 19.4 Å². The van der Waals surface area contributed by atoms with Crippen LogP contribution in [0.5, 0.6) is 0 Å². The zero-order valence-corrected chi connectivity index (χ0v) is 16.2. The third-order valence-electron chi connectivity index (χ3n) is 4.91. The molecule has 2 fully saturated rings.